The number of carbonyl (C=O) groups excluding carboxylic acids is 3. The Morgan fingerprint density at radius 3 is 2.30 bits per heavy atom. The molecule has 3 heterocycles. The van der Waals surface area contributed by atoms with Crippen LogP contribution in [0, 0.1) is 5.92 Å². The Morgan fingerprint density at radius 2 is 1.52 bits per heavy atom. The fraction of sp³-hybridized carbons (Fsp3) is 0.237. The third kappa shape index (κ3) is 4.38. The van der Waals surface area contributed by atoms with Gasteiger partial charge in [0, 0.05) is 27.0 Å². The molecule has 6 heteroatoms. The average molecular weight is 646 g/mol. The van der Waals surface area contributed by atoms with Crippen molar-refractivity contribution in [3.63, 3.8) is 0 Å². The van der Waals surface area contributed by atoms with E-state index in [2.05, 4.69) is 28.2 Å². The van der Waals surface area contributed by atoms with Crippen LogP contribution in [-0.2, 0) is 16.6 Å². The zero-order valence-electron chi connectivity index (χ0n) is 24.5. The summed E-state index contributed by atoms with van der Waals surface area (Å²) in [5.41, 5.74) is 4.10. The largest absolute Gasteiger partial charge is 0.352 e. The van der Waals surface area contributed by atoms with Crippen LogP contribution >= 0.6 is 15.9 Å². The van der Waals surface area contributed by atoms with Gasteiger partial charge in [-0.25, -0.2) is 0 Å². The Balaban J connectivity index is 1.44. The molecule has 0 saturated carbocycles. The van der Waals surface area contributed by atoms with Gasteiger partial charge in [0.15, 0.2) is 11.6 Å². The smallest absolute Gasteiger partial charge is 0.238 e. The molecule has 4 atom stereocenters. The van der Waals surface area contributed by atoms with Crippen molar-refractivity contribution in [1.82, 2.24) is 0 Å². The number of Topliss-reactive ketones (excluding diaryl/α,β-unsaturated/α-hetero) is 2. The summed E-state index contributed by atoms with van der Waals surface area (Å²) in [6, 6.07) is 29.1. The first-order valence-electron chi connectivity index (χ1n) is 15.3. The molecule has 1 fully saturated rings. The molecule has 3 aliphatic rings. The van der Waals surface area contributed by atoms with E-state index >= 15 is 4.79 Å². The van der Waals surface area contributed by atoms with Gasteiger partial charge in [0.05, 0.1) is 12.0 Å². The van der Waals surface area contributed by atoms with Crippen LogP contribution in [0.2, 0.25) is 0 Å². The predicted molar refractivity (Wildman–Crippen MR) is 178 cm³/mol. The maximum atomic E-state index is 15.0. The van der Waals surface area contributed by atoms with Gasteiger partial charge >= 0.3 is 0 Å². The van der Waals surface area contributed by atoms with Crippen LogP contribution in [0.15, 0.2) is 108 Å². The van der Waals surface area contributed by atoms with Crippen LogP contribution in [0.25, 0.3) is 6.08 Å². The van der Waals surface area contributed by atoms with Gasteiger partial charge in [-0.3, -0.25) is 14.4 Å². The lowest BCUT2D eigenvalue weighted by molar-refractivity contribution is -0.121. The second-order valence-corrected chi connectivity index (χ2v) is 12.9. The normalized spacial score (nSPS) is 22.8. The SMILES string of the molecule is CCCCCc1ccc(C(=O)[C@@H]2[C@H](C(=O)c3ccc(Br)cc3)N3c4ccccc4C=C[C@@H]3[C@@]23C(=O)Nc2ccccc23)cc1. The van der Waals surface area contributed by atoms with Crippen molar-refractivity contribution in [2.24, 2.45) is 5.92 Å². The molecule has 0 unspecified atom stereocenters. The highest BCUT2D eigenvalue weighted by Crippen LogP contribution is 2.58. The maximum absolute atomic E-state index is 15.0. The third-order valence-electron chi connectivity index (χ3n) is 9.53. The lowest BCUT2D eigenvalue weighted by atomic mass is 9.64. The number of ketones is 2. The summed E-state index contributed by atoms with van der Waals surface area (Å²) in [6.45, 7) is 2.18. The molecule has 44 heavy (non-hydrogen) atoms. The van der Waals surface area contributed by atoms with E-state index in [4.69, 9.17) is 0 Å². The van der Waals surface area contributed by atoms with E-state index < -0.39 is 23.4 Å². The van der Waals surface area contributed by atoms with Gasteiger partial charge in [-0.2, -0.15) is 0 Å². The molecular formula is C38H33BrN2O3. The Labute approximate surface area is 266 Å². The molecule has 0 bridgehead atoms. The molecule has 1 amide bonds. The summed E-state index contributed by atoms with van der Waals surface area (Å²) in [5, 5.41) is 3.10. The van der Waals surface area contributed by atoms with Gasteiger partial charge in [-0.05, 0) is 53.8 Å². The van der Waals surface area contributed by atoms with Crippen molar-refractivity contribution in [3.05, 3.63) is 135 Å². The second kappa shape index (κ2) is 11.3. The highest BCUT2D eigenvalue weighted by molar-refractivity contribution is 9.10. The fourth-order valence-corrected chi connectivity index (χ4v) is 7.76. The Hall–Kier alpha value is -4.29. The molecule has 0 radical (unpaired) electrons. The monoisotopic (exact) mass is 644 g/mol. The van der Waals surface area contributed by atoms with E-state index in [1.807, 2.05) is 102 Å². The number of nitrogens with one attached hydrogen (secondary N) is 1. The van der Waals surface area contributed by atoms with Crippen molar-refractivity contribution in [2.45, 2.75) is 50.1 Å². The van der Waals surface area contributed by atoms with Gasteiger partial charge in [0.25, 0.3) is 0 Å². The first-order valence-corrected chi connectivity index (χ1v) is 16.1. The van der Waals surface area contributed by atoms with Crippen LogP contribution in [0.3, 0.4) is 0 Å². The highest BCUT2D eigenvalue weighted by Gasteiger charge is 2.70. The second-order valence-electron chi connectivity index (χ2n) is 12.0. The molecule has 4 aromatic rings. The minimum absolute atomic E-state index is 0.184. The Morgan fingerprint density at radius 1 is 0.841 bits per heavy atom. The van der Waals surface area contributed by atoms with Crippen molar-refractivity contribution < 1.29 is 14.4 Å². The van der Waals surface area contributed by atoms with E-state index in [0.717, 1.165) is 47.0 Å². The predicted octanol–water partition coefficient (Wildman–Crippen LogP) is 8.04. The maximum Gasteiger partial charge on any atom is 0.238 e. The summed E-state index contributed by atoms with van der Waals surface area (Å²) in [4.78, 5) is 46.3. The number of rotatable bonds is 8. The lowest BCUT2D eigenvalue weighted by Crippen LogP contribution is -2.51. The van der Waals surface area contributed by atoms with E-state index in [9.17, 15) is 9.59 Å². The van der Waals surface area contributed by atoms with Crippen LogP contribution in [0.4, 0.5) is 11.4 Å². The fourth-order valence-electron chi connectivity index (χ4n) is 7.50. The number of nitrogens with zero attached hydrogens (tertiary/aromatic N) is 1. The highest BCUT2D eigenvalue weighted by atomic mass is 79.9. The average Bonchev–Trinajstić information content (AvgIpc) is 3.53. The molecule has 1 saturated heterocycles. The van der Waals surface area contributed by atoms with E-state index in [1.54, 1.807) is 12.1 Å². The molecule has 1 N–H and O–H groups in total. The van der Waals surface area contributed by atoms with Gasteiger partial charge in [-0.15, -0.1) is 0 Å². The molecule has 5 nitrogen and oxygen atoms in total. The molecule has 220 valence electrons. The van der Waals surface area contributed by atoms with Crippen LogP contribution in [0.5, 0.6) is 0 Å². The number of hydrogen-bond acceptors (Lipinski definition) is 4. The van der Waals surface area contributed by atoms with Crippen LogP contribution < -0.4 is 10.2 Å². The van der Waals surface area contributed by atoms with E-state index in [0.29, 0.717) is 16.8 Å². The van der Waals surface area contributed by atoms with Gasteiger partial charge < -0.3 is 10.2 Å². The number of unbranched alkanes of at least 4 members (excludes halogenated alkanes) is 2. The van der Waals surface area contributed by atoms with E-state index in [-0.39, 0.29) is 17.5 Å². The van der Waals surface area contributed by atoms with Gasteiger partial charge in [-0.1, -0.05) is 121 Å². The molecule has 0 aromatic heterocycles. The van der Waals surface area contributed by atoms with Gasteiger partial charge in [0.2, 0.25) is 5.91 Å². The standard InChI is InChI=1S/C38H33BrN2O3/c1-2-3-4-9-24-14-16-26(17-15-24)35(42)33-34(36(43)27-18-21-28(39)22-19-27)41-31-13-8-5-10-25(31)20-23-32(41)38(33)29-11-6-7-12-30(29)40-37(38)44/h5-8,10-23,32-34H,2-4,9H2,1H3,(H,40,44)/t32-,33+,34-,38-/m1/s1. The summed E-state index contributed by atoms with van der Waals surface area (Å²) in [5.74, 6) is -1.61. The zero-order valence-corrected chi connectivity index (χ0v) is 26.1. The van der Waals surface area contributed by atoms with Crippen molar-refractivity contribution in [2.75, 3.05) is 10.2 Å². The van der Waals surface area contributed by atoms with Crippen LogP contribution in [-0.4, -0.2) is 29.6 Å². The summed E-state index contributed by atoms with van der Waals surface area (Å²) in [7, 11) is 0. The Kier molecular flexibility index (Phi) is 7.33. The van der Waals surface area contributed by atoms with Crippen molar-refractivity contribution in [1.29, 1.82) is 0 Å². The number of fused-ring (bicyclic) bond motifs is 6. The lowest BCUT2D eigenvalue weighted by Gasteiger charge is -2.37. The first kappa shape index (κ1) is 28.5. The molecular weight excluding hydrogens is 612 g/mol. The summed E-state index contributed by atoms with van der Waals surface area (Å²) < 4.78 is 0.858. The first-order chi connectivity index (χ1) is 21.4. The molecule has 1 spiro atoms. The molecule has 4 aromatic carbocycles. The minimum atomic E-state index is -1.31. The van der Waals surface area contributed by atoms with Gasteiger partial charge in [0.1, 0.15) is 11.5 Å². The Bertz CT molecular complexity index is 1800. The number of amides is 1. The number of halogens is 1. The number of benzene rings is 4. The number of hydrogen-bond donors (Lipinski definition) is 1. The number of carbonyl (C=O) groups is 3. The summed E-state index contributed by atoms with van der Waals surface area (Å²) in [6.07, 6.45) is 8.38. The van der Waals surface area contributed by atoms with Crippen LogP contribution in [0.1, 0.15) is 63.6 Å². The topological polar surface area (TPSA) is 66.5 Å². The quantitative estimate of drug-likeness (QED) is 0.156. The number of anilines is 2. The van der Waals surface area contributed by atoms with Crippen molar-refractivity contribution in [3.8, 4) is 0 Å². The number of aryl methyl sites for hydroxylation is 1. The van der Waals surface area contributed by atoms with E-state index in [1.165, 1.54) is 5.56 Å². The third-order valence-corrected chi connectivity index (χ3v) is 10.1. The zero-order chi connectivity index (χ0) is 30.4. The molecule has 7 rings (SSSR count). The molecule has 3 aliphatic heterocycles. The number of para-hydroxylation sites is 2. The minimum Gasteiger partial charge on any atom is -0.352 e. The van der Waals surface area contributed by atoms with Crippen molar-refractivity contribution >= 4 is 50.9 Å². The molecule has 0 aliphatic carbocycles. The summed E-state index contributed by atoms with van der Waals surface area (Å²) >= 11 is 3.48.